The number of piperidine rings is 1. The fourth-order valence-electron chi connectivity index (χ4n) is 4.95. The molecule has 0 N–H and O–H groups in total. The fourth-order valence-corrected chi connectivity index (χ4v) is 4.95. The maximum atomic E-state index is 13.4. The van der Waals surface area contributed by atoms with Gasteiger partial charge in [-0.05, 0) is 68.5 Å². The van der Waals surface area contributed by atoms with Crippen molar-refractivity contribution in [3.05, 3.63) is 65.5 Å². The SMILES string of the molecule is CC(C)N1CCC2(CC1)OCN(Cc1ccc(OC(F)F)cc1)C2Cc1ccc(F)cc1. The molecular weight excluding hydrogens is 417 g/mol. The van der Waals surface area contributed by atoms with E-state index in [1.54, 1.807) is 12.1 Å². The van der Waals surface area contributed by atoms with Gasteiger partial charge < -0.3 is 14.4 Å². The number of ether oxygens (including phenoxy) is 2. The van der Waals surface area contributed by atoms with Gasteiger partial charge in [-0.25, -0.2) is 4.39 Å². The van der Waals surface area contributed by atoms with Gasteiger partial charge in [0.2, 0.25) is 0 Å². The first-order chi connectivity index (χ1) is 15.3. The zero-order valence-electron chi connectivity index (χ0n) is 18.6. The zero-order valence-corrected chi connectivity index (χ0v) is 18.6. The van der Waals surface area contributed by atoms with Gasteiger partial charge in [-0.2, -0.15) is 8.78 Å². The molecule has 2 fully saturated rings. The number of hydrogen-bond donors (Lipinski definition) is 0. The molecule has 2 aromatic rings. The van der Waals surface area contributed by atoms with Crippen molar-refractivity contribution >= 4 is 0 Å². The molecule has 0 saturated carbocycles. The van der Waals surface area contributed by atoms with E-state index in [0.29, 0.717) is 19.3 Å². The zero-order chi connectivity index (χ0) is 22.7. The second kappa shape index (κ2) is 9.81. The first kappa shape index (κ1) is 23.1. The Morgan fingerprint density at radius 2 is 1.62 bits per heavy atom. The van der Waals surface area contributed by atoms with Crippen molar-refractivity contribution in [2.75, 3.05) is 19.8 Å². The van der Waals surface area contributed by atoms with Crippen LogP contribution in [-0.4, -0.2) is 53.9 Å². The van der Waals surface area contributed by atoms with E-state index in [1.807, 2.05) is 24.3 Å². The van der Waals surface area contributed by atoms with Crippen LogP contribution in [0.3, 0.4) is 0 Å². The van der Waals surface area contributed by atoms with Crippen molar-refractivity contribution in [3.8, 4) is 5.75 Å². The first-order valence-electron chi connectivity index (χ1n) is 11.2. The molecule has 32 heavy (non-hydrogen) atoms. The van der Waals surface area contributed by atoms with Crippen LogP contribution in [0.25, 0.3) is 0 Å². The largest absolute Gasteiger partial charge is 0.435 e. The Balaban J connectivity index is 1.52. The third-order valence-corrected chi connectivity index (χ3v) is 6.82. The number of alkyl halides is 2. The highest BCUT2D eigenvalue weighted by molar-refractivity contribution is 5.28. The van der Waals surface area contributed by atoms with E-state index in [1.165, 1.54) is 12.1 Å². The lowest BCUT2D eigenvalue weighted by molar-refractivity contribution is -0.0564. The van der Waals surface area contributed by atoms with Gasteiger partial charge in [0.15, 0.2) is 0 Å². The summed E-state index contributed by atoms with van der Waals surface area (Å²) in [7, 11) is 0. The highest BCUT2D eigenvalue weighted by Crippen LogP contribution is 2.40. The van der Waals surface area contributed by atoms with Crippen molar-refractivity contribution in [1.29, 1.82) is 0 Å². The molecule has 2 heterocycles. The number of likely N-dealkylation sites (tertiary alicyclic amines) is 1. The molecular formula is C25H31F3N2O2. The Morgan fingerprint density at radius 1 is 1.00 bits per heavy atom. The summed E-state index contributed by atoms with van der Waals surface area (Å²) in [4.78, 5) is 4.80. The normalized spacial score (nSPS) is 21.7. The Labute approximate surface area is 187 Å². The topological polar surface area (TPSA) is 24.9 Å². The van der Waals surface area contributed by atoms with Gasteiger partial charge in [0.05, 0.1) is 5.60 Å². The summed E-state index contributed by atoms with van der Waals surface area (Å²) in [5, 5.41) is 0. The standard InChI is InChI=1S/C25H31F3N2O2/c1-18(2)29-13-11-25(12-14-29)23(15-19-3-7-21(26)8-4-19)30(17-31-25)16-20-5-9-22(10-6-20)32-24(27)28/h3-10,18,23-24H,11-17H2,1-2H3. The number of rotatable bonds is 7. The monoisotopic (exact) mass is 448 g/mol. The number of nitrogens with zero attached hydrogens (tertiary/aromatic N) is 2. The van der Waals surface area contributed by atoms with E-state index in [2.05, 4.69) is 28.4 Å². The Hall–Kier alpha value is -2.09. The van der Waals surface area contributed by atoms with Crippen LogP contribution in [0.1, 0.15) is 37.8 Å². The first-order valence-corrected chi connectivity index (χ1v) is 11.2. The van der Waals surface area contributed by atoms with Crippen molar-refractivity contribution in [1.82, 2.24) is 9.80 Å². The molecule has 2 aliphatic heterocycles. The predicted molar refractivity (Wildman–Crippen MR) is 117 cm³/mol. The summed E-state index contributed by atoms with van der Waals surface area (Å²) in [6.07, 6.45) is 2.68. The van der Waals surface area contributed by atoms with Crippen LogP contribution >= 0.6 is 0 Å². The highest BCUT2D eigenvalue weighted by atomic mass is 19.3. The molecule has 0 bridgehead atoms. The Morgan fingerprint density at radius 3 is 2.22 bits per heavy atom. The molecule has 0 radical (unpaired) electrons. The van der Waals surface area contributed by atoms with Gasteiger partial charge in [-0.15, -0.1) is 0 Å². The van der Waals surface area contributed by atoms with Gasteiger partial charge in [0.1, 0.15) is 18.3 Å². The summed E-state index contributed by atoms with van der Waals surface area (Å²) in [5.74, 6) is -0.0823. The summed E-state index contributed by atoms with van der Waals surface area (Å²) < 4.78 is 49.3. The molecule has 0 aromatic heterocycles. The molecule has 2 aromatic carbocycles. The third-order valence-electron chi connectivity index (χ3n) is 6.82. The Bertz CT molecular complexity index is 866. The van der Waals surface area contributed by atoms with Crippen molar-refractivity contribution in [3.63, 3.8) is 0 Å². The molecule has 0 aliphatic carbocycles. The van der Waals surface area contributed by atoms with Crippen molar-refractivity contribution in [2.45, 2.75) is 64.0 Å². The van der Waals surface area contributed by atoms with Gasteiger partial charge in [-0.3, -0.25) is 4.90 Å². The predicted octanol–water partition coefficient (Wildman–Crippen LogP) is 5.07. The number of hydrogen-bond acceptors (Lipinski definition) is 4. The summed E-state index contributed by atoms with van der Waals surface area (Å²) >= 11 is 0. The number of benzene rings is 2. The summed E-state index contributed by atoms with van der Waals surface area (Å²) in [6, 6.07) is 14.1. The van der Waals surface area contributed by atoms with Gasteiger partial charge in [0, 0.05) is 31.7 Å². The van der Waals surface area contributed by atoms with E-state index in [-0.39, 0.29) is 23.2 Å². The van der Waals surface area contributed by atoms with Gasteiger partial charge in [0.25, 0.3) is 0 Å². The van der Waals surface area contributed by atoms with Crippen LogP contribution in [0.2, 0.25) is 0 Å². The summed E-state index contributed by atoms with van der Waals surface area (Å²) in [5.41, 5.74) is 1.85. The van der Waals surface area contributed by atoms with Crippen LogP contribution in [0.5, 0.6) is 5.75 Å². The molecule has 4 rings (SSSR count). The van der Waals surface area contributed by atoms with E-state index >= 15 is 0 Å². The molecule has 1 atom stereocenters. The smallest absolute Gasteiger partial charge is 0.387 e. The highest BCUT2D eigenvalue weighted by Gasteiger charge is 2.50. The lowest BCUT2D eigenvalue weighted by Crippen LogP contribution is -2.54. The maximum absolute atomic E-state index is 13.4. The molecule has 7 heteroatoms. The molecule has 174 valence electrons. The van der Waals surface area contributed by atoms with Crippen LogP contribution in [0.15, 0.2) is 48.5 Å². The third kappa shape index (κ3) is 5.27. The van der Waals surface area contributed by atoms with Crippen LogP contribution in [0, 0.1) is 5.82 Å². The van der Waals surface area contributed by atoms with E-state index < -0.39 is 6.61 Å². The fraction of sp³-hybridized carbons (Fsp3) is 0.520. The van der Waals surface area contributed by atoms with Crippen LogP contribution in [0.4, 0.5) is 13.2 Å². The van der Waals surface area contributed by atoms with Gasteiger partial charge in [-0.1, -0.05) is 24.3 Å². The van der Waals surface area contributed by atoms with Crippen molar-refractivity contribution < 1.29 is 22.6 Å². The van der Waals surface area contributed by atoms with Gasteiger partial charge >= 0.3 is 6.61 Å². The minimum Gasteiger partial charge on any atom is -0.435 e. The average Bonchev–Trinajstić information content (AvgIpc) is 3.07. The molecule has 4 nitrogen and oxygen atoms in total. The summed E-state index contributed by atoms with van der Waals surface area (Å²) in [6.45, 7) is 4.76. The van der Waals surface area contributed by atoms with E-state index in [4.69, 9.17) is 4.74 Å². The van der Waals surface area contributed by atoms with Crippen molar-refractivity contribution in [2.24, 2.45) is 0 Å². The second-order valence-electron chi connectivity index (χ2n) is 9.08. The minimum atomic E-state index is -2.83. The molecule has 1 unspecified atom stereocenters. The van der Waals surface area contributed by atoms with Crippen LogP contribution < -0.4 is 4.74 Å². The van der Waals surface area contributed by atoms with E-state index in [0.717, 1.165) is 43.5 Å². The van der Waals surface area contributed by atoms with Crippen LogP contribution in [-0.2, 0) is 17.7 Å². The maximum Gasteiger partial charge on any atom is 0.387 e. The Kier molecular flexibility index (Phi) is 7.08. The molecule has 1 spiro atoms. The minimum absolute atomic E-state index is 0.152. The lowest BCUT2D eigenvalue weighted by Gasteiger charge is -2.44. The molecule has 2 saturated heterocycles. The molecule has 0 amide bonds. The lowest BCUT2D eigenvalue weighted by atomic mass is 9.80. The molecule has 2 aliphatic rings. The van der Waals surface area contributed by atoms with E-state index in [9.17, 15) is 13.2 Å². The average molecular weight is 449 g/mol. The quantitative estimate of drug-likeness (QED) is 0.590. The number of halogens is 3. The second-order valence-corrected chi connectivity index (χ2v) is 9.08.